The van der Waals surface area contributed by atoms with Crippen LogP contribution < -0.4 is 5.32 Å². The summed E-state index contributed by atoms with van der Waals surface area (Å²) in [7, 11) is 0. The first-order chi connectivity index (χ1) is 8.19. The minimum Gasteiger partial charge on any atom is -0.395 e. The first kappa shape index (κ1) is 16.3. The van der Waals surface area contributed by atoms with Gasteiger partial charge in [-0.15, -0.1) is 0 Å². The Morgan fingerprint density at radius 1 is 1.22 bits per heavy atom. The second-order valence-corrected chi connectivity index (χ2v) is 8.60. The predicted octanol–water partition coefficient (Wildman–Crippen LogP) is 3.29. The van der Waals surface area contributed by atoms with E-state index in [-0.39, 0.29) is 6.61 Å². The number of rotatable bonds is 5. The Balaban J connectivity index is 2.61. The summed E-state index contributed by atoms with van der Waals surface area (Å²) in [5, 5.41) is 13.4. The number of aliphatic hydroxyl groups excluding tert-OH is 1. The van der Waals surface area contributed by atoms with Crippen molar-refractivity contribution in [1.29, 1.82) is 0 Å². The molecule has 1 rings (SSSR count). The molecule has 108 valence electrons. The molecule has 0 heterocycles. The van der Waals surface area contributed by atoms with E-state index >= 15 is 0 Å². The van der Waals surface area contributed by atoms with E-state index < -0.39 is 0 Å². The van der Waals surface area contributed by atoms with Gasteiger partial charge in [0.15, 0.2) is 0 Å². The minimum atomic E-state index is 0.259. The highest BCUT2D eigenvalue weighted by Gasteiger charge is 2.38. The Kier molecular flexibility index (Phi) is 5.58. The highest BCUT2D eigenvalue weighted by molar-refractivity contribution is 7.99. The van der Waals surface area contributed by atoms with Crippen LogP contribution in [-0.2, 0) is 0 Å². The second kappa shape index (κ2) is 6.15. The van der Waals surface area contributed by atoms with Crippen LogP contribution in [0, 0.1) is 10.8 Å². The minimum absolute atomic E-state index is 0.259. The van der Waals surface area contributed by atoms with E-state index in [0.717, 1.165) is 0 Å². The second-order valence-electron chi connectivity index (χ2n) is 7.52. The Bertz CT molecular complexity index is 245. The molecule has 2 N–H and O–H groups in total. The van der Waals surface area contributed by atoms with Crippen molar-refractivity contribution in [2.24, 2.45) is 10.8 Å². The lowest BCUT2D eigenvalue weighted by Crippen LogP contribution is -2.49. The quantitative estimate of drug-likeness (QED) is 0.806. The largest absolute Gasteiger partial charge is 0.395 e. The van der Waals surface area contributed by atoms with Crippen molar-refractivity contribution >= 4 is 11.8 Å². The standard InChI is InChI=1S/C15H31NOS/c1-11(13(9-17)18-6)16-12-7-14(2,3)10-15(4,5)8-12/h11-13,16-17H,7-10H2,1-6H3. The maximum Gasteiger partial charge on any atom is 0.0564 e. The average molecular weight is 273 g/mol. The smallest absolute Gasteiger partial charge is 0.0564 e. The van der Waals surface area contributed by atoms with Gasteiger partial charge in [-0.25, -0.2) is 0 Å². The van der Waals surface area contributed by atoms with Crippen LogP contribution in [0.25, 0.3) is 0 Å². The van der Waals surface area contributed by atoms with Crippen LogP contribution in [0.1, 0.15) is 53.9 Å². The fourth-order valence-electron chi connectivity index (χ4n) is 3.88. The first-order valence-electron chi connectivity index (χ1n) is 7.09. The highest BCUT2D eigenvalue weighted by atomic mass is 32.2. The molecule has 0 aliphatic heterocycles. The van der Waals surface area contributed by atoms with Gasteiger partial charge >= 0.3 is 0 Å². The molecule has 1 aliphatic carbocycles. The van der Waals surface area contributed by atoms with E-state index in [1.165, 1.54) is 19.3 Å². The van der Waals surface area contributed by atoms with Crippen molar-refractivity contribution in [3.63, 3.8) is 0 Å². The molecule has 0 amide bonds. The molecular weight excluding hydrogens is 242 g/mol. The molecular formula is C15H31NOS. The van der Waals surface area contributed by atoms with Gasteiger partial charge < -0.3 is 10.4 Å². The molecule has 2 nitrogen and oxygen atoms in total. The topological polar surface area (TPSA) is 32.3 Å². The third-order valence-corrected chi connectivity index (χ3v) is 5.26. The maximum atomic E-state index is 9.37. The fourth-order valence-corrected chi connectivity index (χ4v) is 4.52. The Labute approximate surface area is 117 Å². The summed E-state index contributed by atoms with van der Waals surface area (Å²) in [5.41, 5.74) is 0.848. The SMILES string of the molecule is CSC(CO)C(C)NC1CC(C)(C)CC(C)(C)C1. The van der Waals surface area contributed by atoms with Crippen LogP contribution >= 0.6 is 11.8 Å². The number of nitrogens with one attached hydrogen (secondary N) is 1. The number of hydrogen-bond donors (Lipinski definition) is 2. The summed E-state index contributed by atoms with van der Waals surface area (Å²) in [6.45, 7) is 12.0. The molecule has 2 unspecified atom stereocenters. The van der Waals surface area contributed by atoms with Gasteiger partial charge in [0, 0.05) is 17.3 Å². The van der Waals surface area contributed by atoms with Gasteiger partial charge in [-0.1, -0.05) is 27.7 Å². The molecule has 0 aromatic rings. The van der Waals surface area contributed by atoms with Crippen molar-refractivity contribution in [2.75, 3.05) is 12.9 Å². The van der Waals surface area contributed by atoms with Gasteiger partial charge in [-0.05, 0) is 43.3 Å². The summed E-state index contributed by atoms with van der Waals surface area (Å²) in [6, 6.07) is 0.958. The Morgan fingerprint density at radius 2 is 1.72 bits per heavy atom. The summed E-state index contributed by atoms with van der Waals surface area (Å²) in [6.07, 6.45) is 5.87. The van der Waals surface area contributed by atoms with Crippen molar-refractivity contribution < 1.29 is 5.11 Å². The summed E-state index contributed by atoms with van der Waals surface area (Å²) in [4.78, 5) is 0. The zero-order chi connectivity index (χ0) is 14.0. The molecule has 0 aromatic heterocycles. The fraction of sp³-hybridized carbons (Fsp3) is 1.00. The lowest BCUT2D eigenvalue weighted by Gasteiger charge is -2.46. The van der Waals surface area contributed by atoms with Crippen molar-refractivity contribution in [1.82, 2.24) is 5.32 Å². The third kappa shape index (κ3) is 4.75. The van der Waals surface area contributed by atoms with Crippen molar-refractivity contribution in [3.05, 3.63) is 0 Å². The average Bonchev–Trinajstić information content (AvgIpc) is 2.13. The van der Waals surface area contributed by atoms with Crippen molar-refractivity contribution in [2.45, 2.75) is 71.2 Å². The molecule has 0 radical (unpaired) electrons. The molecule has 3 heteroatoms. The zero-order valence-electron chi connectivity index (χ0n) is 12.9. The Hall–Kier alpha value is 0.270. The summed E-state index contributed by atoms with van der Waals surface area (Å²) >= 11 is 1.75. The van der Waals surface area contributed by atoms with Gasteiger partial charge in [-0.3, -0.25) is 0 Å². The van der Waals surface area contributed by atoms with E-state index in [4.69, 9.17) is 0 Å². The van der Waals surface area contributed by atoms with Crippen molar-refractivity contribution in [3.8, 4) is 0 Å². The normalized spacial score (nSPS) is 26.8. The van der Waals surface area contributed by atoms with Gasteiger partial charge in [0.1, 0.15) is 0 Å². The predicted molar refractivity (Wildman–Crippen MR) is 82.2 cm³/mol. The van der Waals surface area contributed by atoms with Gasteiger partial charge in [0.25, 0.3) is 0 Å². The van der Waals surface area contributed by atoms with Crippen LogP contribution in [0.4, 0.5) is 0 Å². The van der Waals surface area contributed by atoms with Gasteiger partial charge in [-0.2, -0.15) is 11.8 Å². The lowest BCUT2D eigenvalue weighted by atomic mass is 9.63. The highest BCUT2D eigenvalue weighted by Crippen LogP contribution is 2.45. The zero-order valence-corrected chi connectivity index (χ0v) is 13.7. The van der Waals surface area contributed by atoms with Gasteiger partial charge in [0.05, 0.1) is 6.61 Å². The van der Waals surface area contributed by atoms with E-state index in [1.807, 2.05) is 0 Å². The summed E-state index contributed by atoms with van der Waals surface area (Å²) < 4.78 is 0. The third-order valence-electron chi connectivity index (χ3n) is 4.09. The van der Waals surface area contributed by atoms with Crippen LogP contribution in [0.5, 0.6) is 0 Å². The molecule has 1 saturated carbocycles. The number of aliphatic hydroxyl groups is 1. The first-order valence-corrected chi connectivity index (χ1v) is 8.38. The molecule has 0 saturated heterocycles. The Morgan fingerprint density at radius 3 is 2.11 bits per heavy atom. The van der Waals surface area contributed by atoms with E-state index in [1.54, 1.807) is 11.8 Å². The van der Waals surface area contributed by atoms with E-state index in [2.05, 4.69) is 46.2 Å². The van der Waals surface area contributed by atoms with E-state index in [0.29, 0.717) is 28.2 Å². The number of hydrogen-bond acceptors (Lipinski definition) is 3. The molecule has 2 atom stereocenters. The van der Waals surface area contributed by atoms with Crippen LogP contribution in [0.2, 0.25) is 0 Å². The summed E-state index contributed by atoms with van der Waals surface area (Å²) in [5.74, 6) is 0. The lowest BCUT2D eigenvalue weighted by molar-refractivity contribution is 0.0800. The van der Waals surface area contributed by atoms with Crippen LogP contribution in [-0.4, -0.2) is 35.3 Å². The van der Waals surface area contributed by atoms with E-state index in [9.17, 15) is 5.11 Å². The maximum absolute atomic E-state index is 9.37. The number of thioether (sulfide) groups is 1. The molecule has 18 heavy (non-hydrogen) atoms. The molecule has 0 spiro atoms. The molecule has 1 aliphatic rings. The molecule has 1 fully saturated rings. The van der Waals surface area contributed by atoms with Gasteiger partial charge in [0.2, 0.25) is 0 Å². The molecule has 0 bridgehead atoms. The van der Waals surface area contributed by atoms with Crippen LogP contribution in [0.3, 0.4) is 0 Å². The molecule has 0 aromatic carbocycles. The monoisotopic (exact) mass is 273 g/mol. The van der Waals surface area contributed by atoms with Crippen LogP contribution in [0.15, 0.2) is 0 Å².